The number of amides is 1. The molecule has 114 valence electrons. The van der Waals surface area contributed by atoms with E-state index in [1.165, 1.54) is 0 Å². The third-order valence-electron chi connectivity index (χ3n) is 3.43. The third-order valence-corrected chi connectivity index (χ3v) is 3.43. The molecule has 5 heteroatoms. The summed E-state index contributed by atoms with van der Waals surface area (Å²) < 4.78 is 5.23. The fraction of sp³-hybridized carbons (Fsp3) is 0.733. The number of rotatable bonds is 8. The summed E-state index contributed by atoms with van der Waals surface area (Å²) in [6.07, 6.45) is 2.76. The maximum absolute atomic E-state index is 12.3. The van der Waals surface area contributed by atoms with Crippen LogP contribution in [0.25, 0.3) is 0 Å². The number of hydrogen-bond donors (Lipinski definition) is 2. The molecule has 1 atom stereocenters. The van der Waals surface area contributed by atoms with Crippen LogP contribution < -0.4 is 5.32 Å². The highest BCUT2D eigenvalue weighted by atomic mass is 16.5. The minimum Gasteiger partial charge on any atom is -0.396 e. The van der Waals surface area contributed by atoms with E-state index in [1.54, 1.807) is 6.92 Å². The highest BCUT2D eigenvalue weighted by Crippen LogP contribution is 2.22. The summed E-state index contributed by atoms with van der Waals surface area (Å²) >= 11 is 0. The van der Waals surface area contributed by atoms with Crippen molar-refractivity contribution < 1.29 is 14.4 Å². The Kier molecular flexibility index (Phi) is 6.71. The maximum atomic E-state index is 12.3. The largest absolute Gasteiger partial charge is 0.396 e. The van der Waals surface area contributed by atoms with Crippen molar-refractivity contribution in [1.29, 1.82) is 0 Å². The van der Waals surface area contributed by atoms with Gasteiger partial charge in [0, 0.05) is 19.1 Å². The molecule has 1 amide bonds. The zero-order valence-electron chi connectivity index (χ0n) is 12.9. The number of aryl methyl sites for hydroxylation is 1. The molecule has 1 unspecified atom stereocenters. The second kappa shape index (κ2) is 8.04. The van der Waals surface area contributed by atoms with Gasteiger partial charge in [0.25, 0.3) is 5.91 Å². The Morgan fingerprint density at radius 3 is 2.65 bits per heavy atom. The number of aliphatic hydroxyl groups excluding tert-OH is 1. The fourth-order valence-electron chi connectivity index (χ4n) is 2.32. The van der Waals surface area contributed by atoms with E-state index >= 15 is 0 Å². The maximum Gasteiger partial charge on any atom is 0.256 e. The van der Waals surface area contributed by atoms with Crippen molar-refractivity contribution in [1.82, 2.24) is 10.5 Å². The predicted octanol–water partition coefficient (Wildman–Crippen LogP) is 2.63. The molecule has 1 heterocycles. The van der Waals surface area contributed by atoms with E-state index in [0.29, 0.717) is 35.9 Å². The highest BCUT2D eigenvalue weighted by Gasteiger charge is 2.22. The average molecular weight is 282 g/mol. The lowest BCUT2D eigenvalue weighted by atomic mass is 9.99. The van der Waals surface area contributed by atoms with Crippen molar-refractivity contribution in [2.45, 2.75) is 52.9 Å². The summed E-state index contributed by atoms with van der Waals surface area (Å²) in [5, 5.41) is 15.9. The topological polar surface area (TPSA) is 75.4 Å². The number of aromatic nitrogens is 1. The molecule has 1 aromatic rings. The Morgan fingerprint density at radius 2 is 2.10 bits per heavy atom. The van der Waals surface area contributed by atoms with E-state index in [2.05, 4.69) is 17.4 Å². The summed E-state index contributed by atoms with van der Waals surface area (Å²) in [5.41, 5.74) is 1.18. The molecule has 1 rings (SSSR count). The lowest BCUT2D eigenvalue weighted by molar-refractivity contribution is 0.0940. The number of aliphatic hydroxyl groups is 1. The van der Waals surface area contributed by atoms with Crippen LogP contribution in [0.4, 0.5) is 0 Å². The monoisotopic (exact) mass is 282 g/mol. The summed E-state index contributed by atoms with van der Waals surface area (Å²) in [4.78, 5) is 12.3. The van der Waals surface area contributed by atoms with Crippen LogP contribution in [0.1, 0.15) is 67.8 Å². The minimum atomic E-state index is -0.133. The molecule has 0 saturated heterocycles. The van der Waals surface area contributed by atoms with E-state index in [9.17, 15) is 4.79 Å². The second-order valence-electron chi connectivity index (χ2n) is 5.54. The van der Waals surface area contributed by atoms with Gasteiger partial charge < -0.3 is 14.9 Å². The van der Waals surface area contributed by atoms with Crippen LogP contribution in [0.15, 0.2) is 4.52 Å². The fourth-order valence-corrected chi connectivity index (χ4v) is 2.32. The van der Waals surface area contributed by atoms with Crippen LogP contribution in [-0.4, -0.2) is 29.3 Å². The molecule has 0 bridgehead atoms. The van der Waals surface area contributed by atoms with Crippen molar-refractivity contribution in [3.05, 3.63) is 17.0 Å². The molecule has 0 aliphatic heterocycles. The summed E-state index contributed by atoms with van der Waals surface area (Å²) in [6.45, 7) is 8.57. The first-order valence-corrected chi connectivity index (χ1v) is 7.36. The first kappa shape index (κ1) is 16.7. The molecule has 0 spiro atoms. The van der Waals surface area contributed by atoms with Crippen molar-refractivity contribution in [2.75, 3.05) is 13.2 Å². The summed E-state index contributed by atoms with van der Waals surface area (Å²) in [5.74, 6) is 0.943. The summed E-state index contributed by atoms with van der Waals surface area (Å²) in [7, 11) is 0. The smallest absolute Gasteiger partial charge is 0.256 e. The SMILES string of the molecule is CCCC(CCO)CNC(=O)c1c(C)noc1C(C)C. The number of nitrogens with one attached hydrogen (secondary N) is 1. The molecule has 0 saturated carbocycles. The van der Waals surface area contributed by atoms with Gasteiger partial charge in [0.2, 0.25) is 0 Å². The molecule has 20 heavy (non-hydrogen) atoms. The van der Waals surface area contributed by atoms with Crippen LogP contribution >= 0.6 is 0 Å². The van der Waals surface area contributed by atoms with Crippen LogP contribution in [0.3, 0.4) is 0 Å². The Balaban J connectivity index is 2.69. The molecular formula is C15H26N2O3. The van der Waals surface area contributed by atoms with Gasteiger partial charge in [0.1, 0.15) is 5.56 Å². The lowest BCUT2D eigenvalue weighted by Crippen LogP contribution is -2.30. The van der Waals surface area contributed by atoms with Crippen molar-refractivity contribution >= 4 is 5.91 Å². The van der Waals surface area contributed by atoms with Crippen LogP contribution in [-0.2, 0) is 0 Å². The zero-order chi connectivity index (χ0) is 15.1. The Morgan fingerprint density at radius 1 is 1.40 bits per heavy atom. The van der Waals surface area contributed by atoms with Gasteiger partial charge in [0.15, 0.2) is 5.76 Å². The van der Waals surface area contributed by atoms with Gasteiger partial charge in [-0.1, -0.05) is 32.3 Å². The van der Waals surface area contributed by atoms with Gasteiger partial charge in [0.05, 0.1) is 5.69 Å². The second-order valence-corrected chi connectivity index (χ2v) is 5.54. The van der Waals surface area contributed by atoms with Crippen molar-refractivity contribution in [2.24, 2.45) is 5.92 Å². The standard InChI is InChI=1S/C15H26N2O3/c1-5-6-12(7-8-18)9-16-15(19)13-11(4)17-20-14(13)10(2)3/h10,12,18H,5-9H2,1-4H3,(H,16,19). The molecule has 0 aliphatic rings. The molecule has 0 aromatic carbocycles. The van der Waals surface area contributed by atoms with Crippen LogP contribution in [0.2, 0.25) is 0 Å². The third kappa shape index (κ3) is 4.34. The Labute approximate surface area is 120 Å². The van der Waals surface area contributed by atoms with Crippen molar-refractivity contribution in [3.63, 3.8) is 0 Å². The lowest BCUT2D eigenvalue weighted by Gasteiger charge is -2.15. The molecule has 0 radical (unpaired) electrons. The first-order valence-electron chi connectivity index (χ1n) is 7.36. The molecule has 5 nitrogen and oxygen atoms in total. The van der Waals surface area contributed by atoms with Crippen LogP contribution in [0, 0.1) is 12.8 Å². The quantitative estimate of drug-likeness (QED) is 0.768. The van der Waals surface area contributed by atoms with Gasteiger partial charge in [-0.3, -0.25) is 4.79 Å². The number of carbonyl (C=O) groups excluding carboxylic acids is 1. The van der Waals surface area contributed by atoms with E-state index < -0.39 is 0 Å². The number of nitrogens with zero attached hydrogens (tertiary/aromatic N) is 1. The summed E-state index contributed by atoms with van der Waals surface area (Å²) in [6, 6.07) is 0. The molecular weight excluding hydrogens is 256 g/mol. The van der Waals surface area contributed by atoms with Gasteiger partial charge in [-0.2, -0.15) is 0 Å². The first-order chi connectivity index (χ1) is 9.51. The highest BCUT2D eigenvalue weighted by molar-refractivity contribution is 5.96. The molecule has 1 aromatic heterocycles. The van der Waals surface area contributed by atoms with Crippen molar-refractivity contribution in [3.8, 4) is 0 Å². The van der Waals surface area contributed by atoms with E-state index in [4.69, 9.17) is 9.63 Å². The molecule has 0 aliphatic carbocycles. The van der Waals surface area contributed by atoms with Gasteiger partial charge in [-0.25, -0.2) is 0 Å². The van der Waals surface area contributed by atoms with E-state index in [0.717, 1.165) is 12.8 Å². The van der Waals surface area contributed by atoms with Crippen LogP contribution in [0.5, 0.6) is 0 Å². The van der Waals surface area contributed by atoms with E-state index in [-0.39, 0.29) is 18.4 Å². The van der Waals surface area contributed by atoms with E-state index in [1.807, 2.05) is 13.8 Å². The van der Waals surface area contributed by atoms with Gasteiger partial charge >= 0.3 is 0 Å². The normalized spacial score (nSPS) is 12.7. The zero-order valence-corrected chi connectivity index (χ0v) is 12.9. The number of hydrogen-bond acceptors (Lipinski definition) is 4. The average Bonchev–Trinajstić information content (AvgIpc) is 2.78. The minimum absolute atomic E-state index is 0.126. The Hall–Kier alpha value is -1.36. The molecule has 0 fully saturated rings. The predicted molar refractivity (Wildman–Crippen MR) is 77.8 cm³/mol. The number of carbonyl (C=O) groups is 1. The molecule has 2 N–H and O–H groups in total. The van der Waals surface area contributed by atoms with Gasteiger partial charge in [-0.05, 0) is 25.7 Å². The Bertz CT molecular complexity index is 421. The van der Waals surface area contributed by atoms with Gasteiger partial charge in [-0.15, -0.1) is 0 Å².